The van der Waals surface area contributed by atoms with E-state index in [0.717, 1.165) is 29.3 Å². The van der Waals surface area contributed by atoms with Crippen LogP contribution in [0.1, 0.15) is 50.2 Å². The zero-order valence-electron chi connectivity index (χ0n) is 14.0. The van der Waals surface area contributed by atoms with Gasteiger partial charge in [0.2, 0.25) is 5.91 Å². The first-order valence-electron chi connectivity index (χ1n) is 9.01. The second-order valence-electron chi connectivity index (χ2n) is 7.92. The molecule has 0 atom stereocenters. The van der Waals surface area contributed by atoms with Crippen LogP contribution in [-0.4, -0.2) is 37.1 Å². The number of primary amides is 1. The Kier molecular flexibility index (Phi) is 4.33. The molecular formula is C17H26N4O2S. The van der Waals surface area contributed by atoms with Crippen LogP contribution in [0.25, 0.3) is 0 Å². The Hall–Kier alpha value is -1.08. The SMILES string of the molecule is NC(=O)Cc1nc(CSC23CC4CC(CC(C4)C2)C3)n(CCO)n1. The summed E-state index contributed by atoms with van der Waals surface area (Å²) in [5.74, 6) is 4.52. The van der Waals surface area contributed by atoms with Crippen molar-refractivity contribution in [3.63, 3.8) is 0 Å². The summed E-state index contributed by atoms with van der Waals surface area (Å²) in [7, 11) is 0. The van der Waals surface area contributed by atoms with Gasteiger partial charge in [-0.2, -0.15) is 5.10 Å². The van der Waals surface area contributed by atoms with E-state index >= 15 is 0 Å². The number of aliphatic hydroxyl groups excluding tert-OH is 1. The van der Waals surface area contributed by atoms with E-state index < -0.39 is 5.91 Å². The number of nitrogens with two attached hydrogens (primary N) is 1. The Bertz CT molecular complexity index is 595. The van der Waals surface area contributed by atoms with Crippen LogP contribution in [0.15, 0.2) is 0 Å². The number of hydrogen-bond acceptors (Lipinski definition) is 5. The van der Waals surface area contributed by atoms with Crippen LogP contribution in [-0.2, 0) is 23.5 Å². The summed E-state index contributed by atoms with van der Waals surface area (Å²) < 4.78 is 2.17. The summed E-state index contributed by atoms with van der Waals surface area (Å²) in [6.45, 7) is 0.441. The lowest BCUT2D eigenvalue weighted by molar-refractivity contribution is -0.117. The Morgan fingerprint density at radius 3 is 2.42 bits per heavy atom. The maximum atomic E-state index is 11.1. The topological polar surface area (TPSA) is 94.0 Å². The van der Waals surface area contributed by atoms with Gasteiger partial charge >= 0.3 is 0 Å². The van der Waals surface area contributed by atoms with Gasteiger partial charge in [0, 0.05) is 4.75 Å². The van der Waals surface area contributed by atoms with Crippen LogP contribution in [0.3, 0.4) is 0 Å². The Balaban J connectivity index is 1.47. The van der Waals surface area contributed by atoms with Crippen LogP contribution in [0, 0.1) is 17.8 Å². The number of nitrogens with zero attached hydrogens (tertiary/aromatic N) is 3. The quantitative estimate of drug-likeness (QED) is 0.777. The zero-order chi connectivity index (χ0) is 16.7. The fourth-order valence-corrected chi connectivity index (χ4v) is 7.17. The average molecular weight is 350 g/mol. The maximum Gasteiger partial charge on any atom is 0.225 e. The molecule has 1 aromatic heterocycles. The molecule has 0 aromatic carbocycles. The molecule has 4 aliphatic carbocycles. The molecular weight excluding hydrogens is 324 g/mol. The highest BCUT2D eigenvalue weighted by molar-refractivity contribution is 7.99. The minimum Gasteiger partial charge on any atom is -0.394 e. The van der Waals surface area contributed by atoms with Gasteiger partial charge in [-0.05, 0) is 56.3 Å². The Labute approximate surface area is 146 Å². The van der Waals surface area contributed by atoms with Gasteiger partial charge in [0.05, 0.1) is 25.3 Å². The van der Waals surface area contributed by atoms with Crippen LogP contribution >= 0.6 is 11.8 Å². The molecule has 3 N–H and O–H groups in total. The maximum absolute atomic E-state index is 11.1. The van der Waals surface area contributed by atoms with Gasteiger partial charge in [0.15, 0.2) is 5.82 Å². The first-order valence-corrected chi connectivity index (χ1v) is 9.99. The lowest BCUT2D eigenvalue weighted by atomic mass is 9.56. The smallest absolute Gasteiger partial charge is 0.225 e. The molecule has 0 radical (unpaired) electrons. The second kappa shape index (κ2) is 6.33. The molecule has 7 heteroatoms. The lowest BCUT2D eigenvalue weighted by Crippen LogP contribution is -2.48. The van der Waals surface area contributed by atoms with Gasteiger partial charge in [-0.1, -0.05) is 0 Å². The van der Waals surface area contributed by atoms with Gasteiger partial charge in [0.25, 0.3) is 0 Å². The summed E-state index contributed by atoms with van der Waals surface area (Å²) in [4.78, 5) is 15.6. The van der Waals surface area contributed by atoms with Crippen LogP contribution in [0.4, 0.5) is 0 Å². The molecule has 4 bridgehead atoms. The summed E-state index contributed by atoms with van der Waals surface area (Å²) in [6.07, 6.45) is 8.47. The van der Waals surface area contributed by atoms with Crippen molar-refractivity contribution in [2.75, 3.05) is 6.61 Å². The van der Waals surface area contributed by atoms with E-state index in [4.69, 9.17) is 5.73 Å². The Morgan fingerprint density at radius 2 is 1.88 bits per heavy atom. The molecule has 4 aliphatic rings. The fourth-order valence-electron chi connectivity index (χ4n) is 5.46. The molecule has 24 heavy (non-hydrogen) atoms. The van der Waals surface area contributed by atoms with Crippen molar-refractivity contribution in [1.29, 1.82) is 0 Å². The van der Waals surface area contributed by atoms with Crippen LogP contribution in [0.5, 0.6) is 0 Å². The van der Waals surface area contributed by atoms with E-state index in [2.05, 4.69) is 10.1 Å². The first-order chi connectivity index (χ1) is 11.5. The molecule has 0 unspecified atom stereocenters. The molecule has 5 rings (SSSR count). The van der Waals surface area contributed by atoms with Crippen molar-refractivity contribution in [2.24, 2.45) is 23.5 Å². The molecule has 0 saturated heterocycles. The highest BCUT2D eigenvalue weighted by Crippen LogP contribution is 2.60. The molecule has 4 fully saturated rings. The number of rotatable bonds is 7. The highest BCUT2D eigenvalue weighted by atomic mass is 32.2. The predicted octanol–water partition coefficient (Wildman–Crippen LogP) is 1.50. The summed E-state index contributed by atoms with van der Waals surface area (Å²) in [6, 6.07) is 0. The molecule has 132 valence electrons. The van der Waals surface area contributed by atoms with E-state index in [1.54, 1.807) is 4.68 Å². The number of carbonyl (C=O) groups excluding carboxylic acids is 1. The Morgan fingerprint density at radius 1 is 1.25 bits per heavy atom. The minimum atomic E-state index is -0.420. The van der Waals surface area contributed by atoms with Crippen LogP contribution in [0.2, 0.25) is 0 Å². The van der Waals surface area contributed by atoms with E-state index in [-0.39, 0.29) is 13.0 Å². The number of thioether (sulfide) groups is 1. The van der Waals surface area contributed by atoms with E-state index in [1.165, 1.54) is 38.5 Å². The summed E-state index contributed by atoms with van der Waals surface area (Å²) in [5, 5.41) is 13.6. The third-order valence-electron chi connectivity index (χ3n) is 5.93. The third-order valence-corrected chi connectivity index (χ3v) is 7.44. The molecule has 0 aliphatic heterocycles. The first kappa shape index (κ1) is 16.4. The van der Waals surface area contributed by atoms with Crippen molar-refractivity contribution in [3.8, 4) is 0 Å². The number of hydrogen-bond donors (Lipinski definition) is 2. The average Bonchev–Trinajstić information content (AvgIpc) is 2.85. The monoisotopic (exact) mass is 350 g/mol. The fraction of sp³-hybridized carbons (Fsp3) is 0.824. The van der Waals surface area contributed by atoms with E-state index in [0.29, 0.717) is 17.1 Å². The standard InChI is InChI=1S/C17H26N4O2S/c18-14(23)6-15-19-16(21(20-15)1-2-22)10-24-17-7-11-3-12(8-17)5-13(4-11)9-17/h11-13,22H,1-10H2,(H2,18,23). The summed E-state index contributed by atoms with van der Waals surface area (Å²) >= 11 is 2.04. The molecule has 0 spiro atoms. The van der Waals surface area contributed by atoms with Gasteiger partial charge in [0.1, 0.15) is 5.82 Å². The number of aromatic nitrogens is 3. The van der Waals surface area contributed by atoms with E-state index in [9.17, 15) is 9.90 Å². The van der Waals surface area contributed by atoms with Crippen molar-refractivity contribution >= 4 is 17.7 Å². The largest absolute Gasteiger partial charge is 0.394 e. The van der Waals surface area contributed by atoms with Gasteiger partial charge in [-0.25, -0.2) is 9.67 Å². The predicted molar refractivity (Wildman–Crippen MR) is 92.2 cm³/mol. The van der Waals surface area contributed by atoms with Gasteiger partial charge < -0.3 is 10.8 Å². The third kappa shape index (κ3) is 3.20. The van der Waals surface area contributed by atoms with Crippen molar-refractivity contribution in [2.45, 2.75) is 62.0 Å². The number of amides is 1. The highest BCUT2D eigenvalue weighted by Gasteiger charge is 2.51. The second-order valence-corrected chi connectivity index (χ2v) is 9.37. The molecule has 1 aromatic rings. The molecule has 6 nitrogen and oxygen atoms in total. The van der Waals surface area contributed by atoms with Gasteiger partial charge in [-0.15, -0.1) is 11.8 Å². The molecule has 4 saturated carbocycles. The van der Waals surface area contributed by atoms with E-state index in [1.807, 2.05) is 11.8 Å². The van der Waals surface area contributed by atoms with Crippen LogP contribution < -0.4 is 5.73 Å². The minimum absolute atomic E-state index is 0.0222. The van der Waals surface area contributed by atoms with Crippen molar-refractivity contribution in [1.82, 2.24) is 14.8 Å². The summed E-state index contributed by atoms with van der Waals surface area (Å²) in [5.41, 5.74) is 5.25. The lowest BCUT2D eigenvalue weighted by Gasteiger charge is -2.56. The number of carbonyl (C=O) groups is 1. The normalized spacial score (nSPS) is 34.0. The van der Waals surface area contributed by atoms with Crippen molar-refractivity contribution < 1.29 is 9.90 Å². The van der Waals surface area contributed by atoms with Gasteiger partial charge in [-0.3, -0.25) is 4.79 Å². The molecule has 1 heterocycles. The van der Waals surface area contributed by atoms with Crippen molar-refractivity contribution in [3.05, 3.63) is 11.6 Å². The zero-order valence-corrected chi connectivity index (χ0v) is 14.8. The number of aliphatic hydroxyl groups is 1. The molecule has 1 amide bonds.